The fourth-order valence-corrected chi connectivity index (χ4v) is 4.25. The molecule has 1 aliphatic rings. The predicted molar refractivity (Wildman–Crippen MR) is 112 cm³/mol. The quantitative estimate of drug-likeness (QED) is 0.663. The maximum Gasteiger partial charge on any atom is 0.281 e. The Kier molecular flexibility index (Phi) is 4.65. The van der Waals surface area contributed by atoms with Crippen LogP contribution in [0.25, 0.3) is 22.6 Å². The molecule has 0 bridgehead atoms. The van der Waals surface area contributed by atoms with Crippen LogP contribution in [-0.2, 0) is 10.2 Å². The van der Waals surface area contributed by atoms with Gasteiger partial charge in [0.05, 0.1) is 17.2 Å². The minimum absolute atomic E-state index is 0. The number of H-pyrrole nitrogens is 1. The Morgan fingerprint density at radius 1 is 1.14 bits per heavy atom. The van der Waals surface area contributed by atoms with Gasteiger partial charge in [0.1, 0.15) is 5.82 Å². The van der Waals surface area contributed by atoms with E-state index in [1.54, 1.807) is 6.20 Å². The second-order valence-electron chi connectivity index (χ2n) is 6.74. The molecule has 0 unspecified atom stereocenters. The van der Waals surface area contributed by atoms with Gasteiger partial charge in [-0.15, -0.1) is 0 Å². The van der Waals surface area contributed by atoms with E-state index in [4.69, 9.17) is 5.73 Å². The molecule has 0 atom stereocenters. The molecule has 11 heteroatoms. The summed E-state index contributed by atoms with van der Waals surface area (Å²) < 4.78 is 27.2. The molecule has 10 nitrogen and oxygen atoms in total. The molecule has 2 aromatic heterocycles. The summed E-state index contributed by atoms with van der Waals surface area (Å²) in [5.41, 5.74) is 8.24. The Bertz CT molecular complexity index is 1080. The van der Waals surface area contributed by atoms with Crippen LogP contribution in [-0.4, -0.2) is 77.2 Å². The van der Waals surface area contributed by atoms with Gasteiger partial charge in [-0.3, -0.25) is 0 Å². The average Bonchev–Trinajstić information content (AvgIpc) is 3.12. The molecule has 0 aliphatic carbocycles. The SMILES string of the molecule is CN(C)S(=O)(=O)N1CCN(c2cnc(N)c(-c3nc4ccccc4[nH]3)n2)CC1.[HH].[HH]. The van der Waals surface area contributed by atoms with E-state index in [0.717, 1.165) is 11.0 Å². The van der Waals surface area contributed by atoms with Crippen LogP contribution < -0.4 is 10.6 Å². The van der Waals surface area contributed by atoms with Gasteiger partial charge in [0.25, 0.3) is 10.2 Å². The molecule has 4 rings (SSSR count). The zero-order valence-corrected chi connectivity index (χ0v) is 16.5. The zero-order chi connectivity index (χ0) is 19.9. The number of benzene rings is 1. The summed E-state index contributed by atoms with van der Waals surface area (Å²) in [6.45, 7) is 1.80. The Hall–Kier alpha value is -2.76. The van der Waals surface area contributed by atoms with Gasteiger partial charge in [0, 0.05) is 43.1 Å². The predicted octanol–water partition coefficient (Wildman–Crippen LogP) is 1.02. The highest BCUT2D eigenvalue weighted by Gasteiger charge is 2.29. The lowest BCUT2D eigenvalue weighted by atomic mass is 10.3. The lowest BCUT2D eigenvalue weighted by Gasteiger charge is -2.35. The Labute approximate surface area is 166 Å². The molecule has 1 aliphatic heterocycles. The van der Waals surface area contributed by atoms with Crippen molar-refractivity contribution in [3.63, 3.8) is 0 Å². The topological polar surface area (TPSA) is 124 Å². The number of para-hydroxylation sites is 2. The van der Waals surface area contributed by atoms with Crippen LogP contribution in [0.15, 0.2) is 30.5 Å². The van der Waals surface area contributed by atoms with Crippen molar-refractivity contribution in [1.82, 2.24) is 28.5 Å². The first-order chi connectivity index (χ1) is 13.4. The minimum Gasteiger partial charge on any atom is -0.382 e. The van der Waals surface area contributed by atoms with Gasteiger partial charge in [-0.2, -0.15) is 17.0 Å². The number of nitrogen functional groups attached to an aromatic ring is 1. The monoisotopic (exact) mass is 406 g/mol. The molecule has 0 radical (unpaired) electrons. The molecule has 3 N–H and O–H groups in total. The van der Waals surface area contributed by atoms with Crippen LogP contribution >= 0.6 is 0 Å². The van der Waals surface area contributed by atoms with Gasteiger partial charge in [-0.1, -0.05) is 12.1 Å². The number of aromatic amines is 1. The standard InChI is InChI=1S/C17H22N8O2S.2H2/c1-23(2)28(26,27)25-9-7-24(8-10-25)14-11-19-16(18)15(22-14)17-20-12-5-3-4-6-13(12)21-17;;/h3-6,11H,7-10H2,1-2H3,(H2,18,19)(H,20,21);2*1H. The number of rotatable bonds is 4. The number of aromatic nitrogens is 4. The fourth-order valence-electron chi connectivity index (χ4n) is 3.16. The number of fused-ring (bicyclic) bond motifs is 1. The van der Waals surface area contributed by atoms with E-state index in [2.05, 4.69) is 19.9 Å². The third-order valence-corrected chi connectivity index (χ3v) is 6.69. The molecule has 0 amide bonds. The van der Waals surface area contributed by atoms with Crippen molar-refractivity contribution in [2.24, 2.45) is 0 Å². The molecular weight excluding hydrogens is 380 g/mol. The molecule has 28 heavy (non-hydrogen) atoms. The molecule has 3 heterocycles. The second-order valence-corrected chi connectivity index (χ2v) is 8.88. The van der Waals surface area contributed by atoms with Crippen LogP contribution in [0.1, 0.15) is 2.85 Å². The van der Waals surface area contributed by atoms with Crippen molar-refractivity contribution in [3.8, 4) is 11.5 Å². The third kappa shape index (κ3) is 3.28. The highest BCUT2D eigenvalue weighted by Crippen LogP contribution is 2.25. The maximum atomic E-state index is 12.3. The Morgan fingerprint density at radius 3 is 2.54 bits per heavy atom. The van der Waals surface area contributed by atoms with Crippen molar-refractivity contribution in [2.45, 2.75) is 0 Å². The highest BCUT2D eigenvalue weighted by molar-refractivity contribution is 7.86. The molecule has 0 spiro atoms. The van der Waals surface area contributed by atoms with Crippen LogP contribution in [0.3, 0.4) is 0 Å². The summed E-state index contributed by atoms with van der Waals surface area (Å²) in [4.78, 5) is 18.7. The van der Waals surface area contributed by atoms with E-state index in [1.807, 2.05) is 29.2 Å². The summed E-state index contributed by atoms with van der Waals surface area (Å²) in [6.07, 6.45) is 1.61. The minimum atomic E-state index is -3.41. The fraction of sp³-hybridized carbons (Fsp3) is 0.353. The molecule has 0 saturated carbocycles. The number of nitrogens with one attached hydrogen (secondary N) is 1. The molecule has 1 aromatic carbocycles. The van der Waals surface area contributed by atoms with Crippen LogP contribution in [0.4, 0.5) is 11.6 Å². The van der Waals surface area contributed by atoms with Gasteiger partial charge >= 0.3 is 0 Å². The zero-order valence-electron chi connectivity index (χ0n) is 15.7. The number of hydrogen-bond donors (Lipinski definition) is 2. The maximum absolute atomic E-state index is 12.3. The number of imidazole rings is 1. The first-order valence-electron chi connectivity index (χ1n) is 8.86. The number of piperazine rings is 1. The van der Waals surface area contributed by atoms with Gasteiger partial charge in [-0.25, -0.2) is 15.0 Å². The Balaban J connectivity index is 0.00000160. The van der Waals surface area contributed by atoms with Gasteiger partial charge in [0.15, 0.2) is 17.3 Å². The van der Waals surface area contributed by atoms with Crippen LogP contribution in [0.2, 0.25) is 0 Å². The third-order valence-electron chi connectivity index (χ3n) is 4.75. The molecule has 3 aromatic rings. The molecule has 152 valence electrons. The van der Waals surface area contributed by atoms with Gasteiger partial charge < -0.3 is 15.6 Å². The van der Waals surface area contributed by atoms with E-state index < -0.39 is 10.2 Å². The van der Waals surface area contributed by atoms with Crippen molar-refractivity contribution < 1.29 is 11.3 Å². The Morgan fingerprint density at radius 2 is 1.86 bits per heavy atom. The summed E-state index contributed by atoms with van der Waals surface area (Å²) in [5.74, 6) is 1.49. The summed E-state index contributed by atoms with van der Waals surface area (Å²) in [5, 5.41) is 0. The van der Waals surface area contributed by atoms with Crippen molar-refractivity contribution in [2.75, 3.05) is 50.9 Å². The number of hydrogen-bond acceptors (Lipinski definition) is 7. The highest BCUT2D eigenvalue weighted by atomic mass is 32.2. The summed E-state index contributed by atoms with van der Waals surface area (Å²) in [7, 11) is -0.340. The lowest BCUT2D eigenvalue weighted by molar-refractivity contribution is 0.355. The van der Waals surface area contributed by atoms with E-state index in [1.165, 1.54) is 22.7 Å². The van der Waals surface area contributed by atoms with E-state index in [0.29, 0.717) is 43.5 Å². The summed E-state index contributed by atoms with van der Waals surface area (Å²) in [6, 6.07) is 7.69. The average molecular weight is 407 g/mol. The lowest BCUT2D eigenvalue weighted by Crippen LogP contribution is -2.51. The summed E-state index contributed by atoms with van der Waals surface area (Å²) >= 11 is 0. The number of nitrogens with two attached hydrogens (primary N) is 1. The molecular formula is C17H26N8O2S. The van der Waals surface area contributed by atoms with Crippen molar-refractivity contribution in [3.05, 3.63) is 30.5 Å². The van der Waals surface area contributed by atoms with Crippen LogP contribution in [0.5, 0.6) is 0 Å². The second kappa shape index (κ2) is 7.00. The van der Waals surface area contributed by atoms with Crippen molar-refractivity contribution >= 4 is 32.9 Å². The first-order valence-corrected chi connectivity index (χ1v) is 10.3. The molecule has 1 fully saturated rings. The first kappa shape index (κ1) is 18.6. The molecule has 1 saturated heterocycles. The van der Waals surface area contributed by atoms with E-state index in [9.17, 15) is 8.42 Å². The van der Waals surface area contributed by atoms with Gasteiger partial charge in [-0.05, 0) is 12.1 Å². The van der Waals surface area contributed by atoms with E-state index >= 15 is 0 Å². The number of nitrogens with zero attached hydrogens (tertiary/aromatic N) is 6. The van der Waals surface area contributed by atoms with E-state index in [-0.39, 0.29) is 8.67 Å². The largest absolute Gasteiger partial charge is 0.382 e. The van der Waals surface area contributed by atoms with Gasteiger partial charge in [0.2, 0.25) is 0 Å². The van der Waals surface area contributed by atoms with Crippen molar-refractivity contribution in [1.29, 1.82) is 0 Å². The number of anilines is 2. The smallest absolute Gasteiger partial charge is 0.281 e. The normalized spacial score (nSPS) is 16.2. The van der Waals surface area contributed by atoms with Crippen LogP contribution in [0, 0.1) is 0 Å².